The van der Waals surface area contributed by atoms with Gasteiger partial charge in [0, 0.05) is 40.7 Å². The molecule has 0 saturated heterocycles. The molecule has 0 fully saturated rings. The molecule has 40 heavy (non-hydrogen) atoms. The fraction of sp³-hybridized carbons (Fsp3) is 0.364. The highest BCUT2D eigenvalue weighted by Gasteiger charge is 2.24. The second-order valence-corrected chi connectivity index (χ2v) is 12.9. The summed E-state index contributed by atoms with van der Waals surface area (Å²) in [5.74, 6) is 4.63. The van der Waals surface area contributed by atoms with Gasteiger partial charge in [0.15, 0.2) is 16.8 Å². The van der Waals surface area contributed by atoms with Crippen LogP contribution < -0.4 is 16.9 Å². The van der Waals surface area contributed by atoms with E-state index in [-0.39, 0.29) is 44.9 Å². The lowest BCUT2D eigenvalue weighted by atomic mass is 10.5. The largest absolute Gasteiger partial charge is 0.333 e. The third-order valence-corrected chi connectivity index (χ3v) is 8.32. The van der Waals surface area contributed by atoms with E-state index in [2.05, 4.69) is 21.8 Å². The molecule has 0 aliphatic heterocycles. The van der Waals surface area contributed by atoms with Crippen LogP contribution in [0.25, 0.3) is 22.3 Å². The molecule has 0 radical (unpaired) electrons. The van der Waals surface area contributed by atoms with Crippen molar-refractivity contribution in [1.29, 1.82) is 0 Å². The number of imidazole rings is 2. The summed E-state index contributed by atoms with van der Waals surface area (Å²) >= 11 is 5.19. The van der Waals surface area contributed by atoms with Gasteiger partial charge in [0.1, 0.15) is 10.2 Å². The van der Waals surface area contributed by atoms with E-state index >= 15 is 0 Å². The molecule has 0 bridgehead atoms. The Bertz CT molecular complexity index is 2100. The summed E-state index contributed by atoms with van der Waals surface area (Å²) in [7, 11) is -1.44. The number of aryl methyl sites for hydroxylation is 2. The standard InChI is InChI=1S/C11H12N4O4S.C11H12N4O3S2/c1-5-6-15-8-7(9(16)14(3)11(15)17)13(2)10(12-8)20(4,18)19;1-5-6-15-8-7(9(19)14(3)11(15)16)13(2)10(12-8)20(4,17)18/h2*1H,6H2,2-4H3. The Labute approximate surface area is 232 Å². The average Bonchev–Trinajstić information content (AvgIpc) is 3.39. The summed E-state index contributed by atoms with van der Waals surface area (Å²) in [5.41, 5.74) is -1.14. The fourth-order valence-electron chi connectivity index (χ4n) is 3.95. The van der Waals surface area contributed by atoms with Gasteiger partial charge >= 0.3 is 11.4 Å². The molecule has 4 rings (SSSR count). The van der Waals surface area contributed by atoms with Crippen molar-refractivity contribution in [3.05, 3.63) is 36.0 Å². The number of hydrogen-bond acceptors (Lipinski definition) is 10. The van der Waals surface area contributed by atoms with Crippen molar-refractivity contribution < 1.29 is 16.8 Å². The first-order valence-corrected chi connectivity index (χ1v) is 15.2. The molecule has 0 amide bonds. The molecule has 0 saturated carbocycles. The van der Waals surface area contributed by atoms with Crippen LogP contribution >= 0.6 is 12.2 Å². The zero-order chi connectivity index (χ0) is 30.5. The van der Waals surface area contributed by atoms with Gasteiger partial charge in [-0.15, -0.1) is 12.8 Å². The van der Waals surface area contributed by atoms with Crippen LogP contribution in [0.2, 0.25) is 0 Å². The van der Waals surface area contributed by atoms with Crippen LogP contribution in [0.15, 0.2) is 24.7 Å². The molecule has 212 valence electrons. The highest BCUT2D eigenvalue weighted by molar-refractivity contribution is 7.90. The summed E-state index contributed by atoms with van der Waals surface area (Å²) in [6.07, 6.45) is 12.4. The third kappa shape index (κ3) is 4.92. The normalized spacial score (nSPS) is 11.7. The van der Waals surface area contributed by atoms with E-state index in [9.17, 15) is 31.2 Å². The van der Waals surface area contributed by atoms with Crippen molar-refractivity contribution in [2.24, 2.45) is 28.2 Å². The molecule has 4 heterocycles. The average molecular weight is 609 g/mol. The van der Waals surface area contributed by atoms with E-state index in [0.29, 0.717) is 5.52 Å². The lowest BCUT2D eigenvalue weighted by Crippen LogP contribution is -2.38. The van der Waals surface area contributed by atoms with E-state index in [1.165, 1.54) is 41.9 Å². The van der Waals surface area contributed by atoms with Crippen LogP contribution in [-0.4, -0.2) is 66.7 Å². The molecule has 4 aromatic rings. The number of nitrogens with zero attached hydrogens (tertiary/aromatic N) is 8. The van der Waals surface area contributed by atoms with Crippen molar-refractivity contribution in [1.82, 2.24) is 37.4 Å². The van der Waals surface area contributed by atoms with E-state index < -0.39 is 36.6 Å². The first-order valence-electron chi connectivity index (χ1n) is 11.0. The molecule has 0 atom stereocenters. The van der Waals surface area contributed by atoms with Gasteiger partial charge in [0.2, 0.25) is 30.0 Å². The first kappa shape index (κ1) is 30.3. The number of rotatable bonds is 4. The van der Waals surface area contributed by atoms with Gasteiger partial charge in [-0.25, -0.2) is 26.4 Å². The van der Waals surface area contributed by atoms with Crippen molar-refractivity contribution >= 4 is 54.2 Å². The Hall–Kier alpha value is -4.26. The SMILES string of the molecule is C#CCn1c(=O)n(C)c(=O)c2c1nc(S(C)(=O)=O)n2C.C#CCn1c(=O)n(C)c(=S)c2c1nc(S(C)(=O)=O)n2C. The molecule has 0 N–H and O–H groups in total. The second kappa shape index (κ2) is 10.4. The van der Waals surface area contributed by atoms with E-state index in [4.69, 9.17) is 25.1 Å². The molecule has 0 aromatic carbocycles. The zero-order valence-electron chi connectivity index (χ0n) is 22.2. The Kier molecular flexibility index (Phi) is 7.85. The van der Waals surface area contributed by atoms with Gasteiger partial charge in [0.25, 0.3) is 5.56 Å². The minimum Gasteiger partial charge on any atom is -0.314 e. The molecule has 15 nitrogen and oxygen atoms in total. The summed E-state index contributed by atoms with van der Waals surface area (Å²) in [6.45, 7) is -0.122. The Balaban J connectivity index is 0.000000220. The maximum absolute atomic E-state index is 12.1. The van der Waals surface area contributed by atoms with Crippen LogP contribution in [0.1, 0.15) is 0 Å². The molecule has 18 heteroatoms. The molecular formula is C22H24N8O7S3. The van der Waals surface area contributed by atoms with Crippen LogP contribution in [0, 0.1) is 29.3 Å². The molecule has 0 unspecified atom stereocenters. The van der Waals surface area contributed by atoms with Crippen molar-refractivity contribution in [3.63, 3.8) is 0 Å². The van der Waals surface area contributed by atoms with Crippen molar-refractivity contribution in [2.75, 3.05) is 12.5 Å². The fourth-order valence-corrected chi connectivity index (χ4v) is 5.94. The van der Waals surface area contributed by atoms with Gasteiger partial charge < -0.3 is 9.13 Å². The second-order valence-electron chi connectivity index (χ2n) is 8.67. The topological polar surface area (TPSA) is 175 Å². The van der Waals surface area contributed by atoms with E-state index in [1.807, 2.05) is 0 Å². The predicted octanol–water partition coefficient (Wildman–Crippen LogP) is -1.69. The number of hydrogen-bond donors (Lipinski definition) is 0. The van der Waals surface area contributed by atoms with E-state index in [0.717, 1.165) is 26.2 Å². The van der Waals surface area contributed by atoms with Gasteiger partial charge in [-0.2, -0.15) is 9.97 Å². The highest BCUT2D eigenvalue weighted by atomic mass is 32.2. The van der Waals surface area contributed by atoms with Crippen molar-refractivity contribution in [2.45, 2.75) is 23.4 Å². The molecular weight excluding hydrogens is 584 g/mol. The quantitative estimate of drug-likeness (QED) is 0.192. The molecule has 0 spiro atoms. The van der Waals surface area contributed by atoms with Crippen LogP contribution in [-0.2, 0) is 61.0 Å². The summed E-state index contributed by atoms with van der Waals surface area (Å²) in [5, 5.41) is -0.448. The molecule has 0 aliphatic carbocycles. The van der Waals surface area contributed by atoms with E-state index in [1.54, 1.807) is 0 Å². The number of terminal acetylenes is 2. The summed E-state index contributed by atoms with van der Waals surface area (Å²) in [4.78, 5) is 44.2. The Morgan fingerprint density at radius 3 is 1.48 bits per heavy atom. The zero-order valence-corrected chi connectivity index (χ0v) is 24.7. The predicted molar refractivity (Wildman–Crippen MR) is 149 cm³/mol. The number of fused-ring (bicyclic) bond motifs is 2. The van der Waals surface area contributed by atoms with Gasteiger partial charge in [0.05, 0.1) is 13.1 Å². The van der Waals surface area contributed by atoms with Crippen molar-refractivity contribution in [3.8, 4) is 24.7 Å². The molecule has 0 aliphatic rings. The summed E-state index contributed by atoms with van der Waals surface area (Å²) in [6, 6.07) is 0. The maximum Gasteiger partial charge on any atom is 0.333 e. The van der Waals surface area contributed by atoms with Crippen LogP contribution in [0.4, 0.5) is 0 Å². The highest BCUT2D eigenvalue weighted by Crippen LogP contribution is 2.18. The lowest BCUT2D eigenvalue weighted by molar-refractivity contribution is 0.585. The minimum absolute atomic E-state index is 0.0149. The van der Waals surface area contributed by atoms with Crippen LogP contribution in [0.3, 0.4) is 0 Å². The van der Waals surface area contributed by atoms with Gasteiger partial charge in [-0.3, -0.25) is 23.1 Å². The lowest BCUT2D eigenvalue weighted by Gasteiger charge is -2.07. The van der Waals surface area contributed by atoms with Crippen LogP contribution in [0.5, 0.6) is 0 Å². The number of sulfone groups is 2. The smallest absolute Gasteiger partial charge is 0.314 e. The Morgan fingerprint density at radius 1 is 0.700 bits per heavy atom. The maximum atomic E-state index is 12.1. The minimum atomic E-state index is -3.63. The third-order valence-electron chi connectivity index (χ3n) is 5.79. The van der Waals surface area contributed by atoms with Gasteiger partial charge in [-0.1, -0.05) is 24.1 Å². The Morgan fingerprint density at radius 2 is 1.07 bits per heavy atom. The number of aromatic nitrogens is 8. The molecule has 4 aromatic heterocycles. The summed E-state index contributed by atoms with van der Waals surface area (Å²) < 4.78 is 53.9. The monoisotopic (exact) mass is 608 g/mol. The first-order chi connectivity index (χ1) is 18.4. The van der Waals surface area contributed by atoms with Gasteiger partial charge in [-0.05, 0) is 0 Å².